The molecule has 0 radical (unpaired) electrons. The van der Waals surface area contributed by atoms with Crippen molar-refractivity contribution in [3.8, 4) is 0 Å². The lowest BCUT2D eigenvalue weighted by Crippen LogP contribution is -2.63. The highest BCUT2D eigenvalue weighted by Gasteiger charge is 2.50. The van der Waals surface area contributed by atoms with Crippen LogP contribution in [0.3, 0.4) is 0 Å². The average Bonchev–Trinajstić information content (AvgIpc) is 2.63. The Bertz CT molecular complexity index is 482. The van der Waals surface area contributed by atoms with Crippen molar-refractivity contribution < 1.29 is 9.59 Å². The van der Waals surface area contributed by atoms with Crippen LogP contribution in [0.5, 0.6) is 0 Å². The molecule has 138 valence electrons. The summed E-state index contributed by atoms with van der Waals surface area (Å²) in [5.74, 6) is 0.461. The maximum absolute atomic E-state index is 13.0. The van der Waals surface area contributed by atoms with Crippen LogP contribution >= 0.6 is 0 Å². The highest BCUT2D eigenvalue weighted by molar-refractivity contribution is 6.05. The summed E-state index contributed by atoms with van der Waals surface area (Å²) in [5.41, 5.74) is -0.129. The van der Waals surface area contributed by atoms with Gasteiger partial charge in [0.2, 0.25) is 11.8 Å². The van der Waals surface area contributed by atoms with Crippen molar-refractivity contribution in [2.45, 2.75) is 97.7 Å². The van der Waals surface area contributed by atoms with Gasteiger partial charge in [0, 0.05) is 29.0 Å². The summed E-state index contributed by atoms with van der Waals surface area (Å²) >= 11 is 0. The van der Waals surface area contributed by atoms with Crippen LogP contribution in [0.25, 0.3) is 0 Å². The number of rotatable bonds is 5. The molecule has 0 aromatic carbocycles. The number of likely N-dealkylation sites (tertiary alicyclic amines) is 1. The summed E-state index contributed by atoms with van der Waals surface area (Å²) in [5, 5.41) is 3.64. The van der Waals surface area contributed by atoms with Crippen molar-refractivity contribution in [3.05, 3.63) is 0 Å². The zero-order chi connectivity index (χ0) is 18.3. The minimum atomic E-state index is -0.164. The molecular weight excluding hydrogens is 300 g/mol. The maximum atomic E-state index is 13.0. The van der Waals surface area contributed by atoms with Crippen molar-refractivity contribution in [2.24, 2.45) is 17.8 Å². The molecule has 1 N–H and O–H groups in total. The number of piperidine rings is 1. The van der Waals surface area contributed by atoms with Crippen molar-refractivity contribution in [3.63, 3.8) is 0 Å². The number of carbonyl (C=O) groups is 2. The number of amides is 2. The number of hydrogen-bond acceptors (Lipinski definition) is 3. The van der Waals surface area contributed by atoms with Crippen LogP contribution in [-0.2, 0) is 9.59 Å². The van der Waals surface area contributed by atoms with Gasteiger partial charge >= 0.3 is 0 Å². The normalized spacial score (nSPS) is 31.5. The van der Waals surface area contributed by atoms with Crippen molar-refractivity contribution in [2.75, 3.05) is 0 Å². The van der Waals surface area contributed by atoms with Gasteiger partial charge in [-0.05, 0) is 59.3 Å². The lowest BCUT2D eigenvalue weighted by molar-refractivity contribution is -0.144. The molecule has 4 heteroatoms. The molecule has 0 aromatic heterocycles. The lowest BCUT2D eigenvalue weighted by atomic mass is 9.79. The van der Waals surface area contributed by atoms with Gasteiger partial charge in [-0.15, -0.1) is 0 Å². The Morgan fingerprint density at radius 3 is 2.17 bits per heavy atom. The van der Waals surface area contributed by atoms with Gasteiger partial charge in [-0.3, -0.25) is 14.5 Å². The topological polar surface area (TPSA) is 49.4 Å². The first-order chi connectivity index (χ1) is 11.0. The van der Waals surface area contributed by atoms with Gasteiger partial charge in [0.25, 0.3) is 0 Å². The average molecular weight is 337 g/mol. The maximum Gasteiger partial charge on any atom is 0.233 e. The molecule has 2 rings (SSSR count). The summed E-state index contributed by atoms with van der Waals surface area (Å²) in [7, 11) is 0. The Hall–Kier alpha value is -0.900. The molecule has 0 saturated carbocycles. The SMILES string of the molecule is CCC(C)CCC1C(=O)N(C2CC(C)(C)NC(C)(C)C2)C(=O)C1C. The fourth-order valence-electron chi connectivity index (χ4n) is 4.75. The third-order valence-corrected chi connectivity index (χ3v) is 5.99. The second-order valence-electron chi connectivity index (χ2n) is 9.49. The Morgan fingerprint density at radius 2 is 1.67 bits per heavy atom. The molecule has 2 amide bonds. The van der Waals surface area contributed by atoms with Gasteiger partial charge in [-0.1, -0.05) is 27.2 Å². The predicted octanol–water partition coefficient (Wildman–Crippen LogP) is 3.74. The minimum absolute atomic E-state index is 0.0206. The molecule has 0 aromatic rings. The highest BCUT2D eigenvalue weighted by atomic mass is 16.2. The first-order valence-electron chi connectivity index (χ1n) is 9.63. The van der Waals surface area contributed by atoms with Crippen molar-refractivity contribution in [1.29, 1.82) is 0 Å². The van der Waals surface area contributed by atoms with Crippen LogP contribution in [0.1, 0.15) is 80.6 Å². The zero-order valence-corrected chi connectivity index (χ0v) is 16.6. The summed E-state index contributed by atoms with van der Waals surface area (Å²) in [6, 6.07) is 0.0206. The smallest absolute Gasteiger partial charge is 0.233 e. The summed E-state index contributed by atoms with van der Waals surface area (Å²) in [4.78, 5) is 27.5. The van der Waals surface area contributed by atoms with E-state index in [1.165, 1.54) is 0 Å². The molecule has 2 aliphatic rings. The molecule has 3 atom stereocenters. The minimum Gasteiger partial charge on any atom is -0.307 e. The Kier molecular flexibility index (Phi) is 5.49. The quantitative estimate of drug-likeness (QED) is 0.778. The van der Waals surface area contributed by atoms with E-state index in [9.17, 15) is 9.59 Å². The van der Waals surface area contributed by atoms with Crippen LogP contribution < -0.4 is 5.32 Å². The zero-order valence-electron chi connectivity index (χ0n) is 16.6. The van der Waals surface area contributed by atoms with E-state index in [2.05, 4.69) is 46.9 Å². The monoisotopic (exact) mass is 336 g/mol. The van der Waals surface area contributed by atoms with Crippen LogP contribution in [0, 0.1) is 17.8 Å². The molecule has 2 heterocycles. The molecule has 2 saturated heterocycles. The van der Waals surface area contributed by atoms with Gasteiger partial charge in [-0.25, -0.2) is 0 Å². The number of carbonyl (C=O) groups excluding carboxylic acids is 2. The van der Waals surface area contributed by atoms with E-state index in [1.54, 1.807) is 4.90 Å². The van der Waals surface area contributed by atoms with Gasteiger partial charge in [-0.2, -0.15) is 0 Å². The van der Waals surface area contributed by atoms with E-state index in [4.69, 9.17) is 0 Å². The second-order valence-corrected chi connectivity index (χ2v) is 9.49. The van der Waals surface area contributed by atoms with Gasteiger partial charge in [0.05, 0.1) is 0 Å². The molecule has 4 nitrogen and oxygen atoms in total. The number of nitrogens with zero attached hydrogens (tertiary/aromatic N) is 1. The highest BCUT2D eigenvalue weighted by Crippen LogP contribution is 2.38. The third kappa shape index (κ3) is 4.01. The second kappa shape index (κ2) is 6.78. The molecule has 0 aliphatic carbocycles. The lowest BCUT2D eigenvalue weighted by Gasteiger charge is -2.48. The van der Waals surface area contributed by atoms with E-state index < -0.39 is 0 Å². The number of imide groups is 1. The van der Waals surface area contributed by atoms with Crippen LogP contribution in [-0.4, -0.2) is 33.8 Å². The molecule has 3 unspecified atom stereocenters. The Labute approximate surface area is 147 Å². The van der Waals surface area contributed by atoms with Gasteiger partial charge in [0.15, 0.2) is 0 Å². The van der Waals surface area contributed by atoms with E-state index >= 15 is 0 Å². The van der Waals surface area contributed by atoms with Crippen LogP contribution in [0.2, 0.25) is 0 Å². The Balaban J connectivity index is 2.15. The molecule has 2 aliphatic heterocycles. The Morgan fingerprint density at radius 1 is 1.12 bits per heavy atom. The first kappa shape index (κ1) is 19.4. The fraction of sp³-hybridized carbons (Fsp3) is 0.900. The fourth-order valence-corrected chi connectivity index (χ4v) is 4.75. The summed E-state index contributed by atoms with van der Waals surface area (Å²) in [6.07, 6.45) is 4.66. The number of nitrogens with one attached hydrogen (secondary N) is 1. The van der Waals surface area contributed by atoms with Crippen molar-refractivity contribution >= 4 is 11.8 Å². The van der Waals surface area contributed by atoms with Crippen LogP contribution in [0.15, 0.2) is 0 Å². The standard InChI is InChI=1S/C20H36N2O2/c1-8-13(2)9-10-16-14(3)17(23)22(18(16)24)15-11-19(4,5)21-20(6,7)12-15/h13-16,21H,8-12H2,1-7H3. The summed E-state index contributed by atoms with van der Waals surface area (Å²) < 4.78 is 0. The van der Waals surface area contributed by atoms with E-state index in [-0.39, 0.29) is 40.8 Å². The summed E-state index contributed by atoms with van der Waals surface area (Å²) in [6.45, 7) is 15.0. The molecule has 24 heavy (non-hydrogen) atoms. The third-order valence-electron chi connectivity index (χ3n) is 5.99. The van der Waals surface area contributed by atoms with E-state index in [1.807, 2.05) is 6.92 Å². The molecular formula is C20H36N2O2. The van der Waals surface area contributed by atoms with Crippen LogP contribution in [0.4, 0.5) is 0 Å². The van der Waals surface area contributed by atoms with Crippen molar-refractivity contribution in [1.82, 2.24) is 10.2 Å². The molecule has 0 spiro atoms. The largest absolute Gasteiger partial charge is 0.307 e. The van der Waals surface area contributed by atoms with Gasteiger partial charge in [0.1, 0.15) is 0 Å². The predicted molar refractivity (Wildman–Crippen MR) is 97.5 cm³/mol. The first-order valence-corrected chi connectivity index (χ1v) is 9.63. The van der Waals surface area contributed by atoms with E-state index in [0.717, 1.165) is 32.1 Å². The molecule has 2 fully saturated rings. The van der Waals surface area contributed by atoms with Gasteiger partial charge < -0.3 is 5.32 Å². The molecule has 0 bridgehead atoms. The number of hydrogen-bond donors (Lipinski definition) is 1. The van der Waals surface area contributed by atoms with E-state index in [0.29, 0.717) is 5.92 Å².